The molecule has 0 unspecified atom stereocenters. The maximum absolute atomic E-state index is 13.6. The van der Waals surface area contributed by atoms with Crippen molar-refractivity contribution in [1.82, 2.24) is 9.29 Å². The van der Waals surface area contributed by atoms with Crippen molar-refractivity contribution in [3.8, 4) is 0 Å². The third-order valence-corrected chi connectivity index (χ3v) is 7.50. The Bertz CT molecular complexity index is 1060. The molecule has 1 aromatic carbocycles. The van der Waals surface area contributed by atoms with Crippen LogP contribution in [0.5, 0.6) is 0 Å². The molecule has 33 heavy (non-hydrogen) atoms. The van der Waals surface area contributed by atoms with Crippen LogP contribution in [-0.2, 0) is 14.8 Å². The highest BCUT2D eigenvalue weighted by Crippen LogP contribution is 2.39. The minimum Gasteiger partial charge on any atom is -0.443 e. The number of ether oxygens (including phenoxy) is 1. The predicted octanol–water partition coefficient (Wildman–Crippen LogP) is 5.46. The SMILES string of the molecule is CCCN(C(=O)OC(C)(C)C)c1ncccc1[C@H]1CCCCN1S(=O)(=O)c1ccc(C)cc1. The molecule has 1 amide bonds. The van der Waals surface area contributed by atoms with Crippen molar-refractivity contribution in [1.29, 1.82) is 0 Å². The Labute approximate surface area is 197 Å². The summed E-state index contributed by atoms with van der Waals surface area (Å²) in [5, 5.41) is 0. The first kappa shape index (κ1) is 25.2. The van der Waals surface area contributed by atoms with Gasteiger partial charge in [-0.25, -0.2) is 18.2 Å². The van der Waals surface area contributed by atoms with Gasteiger partial charge in [0.05, 0.1) is 10.9 Å². The highest BCUT2D eigenvalue weighted by Gasteiger charge is 2.37. The molecule has 1 fully saturated rings. The number of carbonyl (C=O) groups is 1. The van der Waals surface area contributed by atoms with Gasteiger partial charge in [-0.3, -0.25) is 4.90 Å². The van der Waals surface area contributed by atoms with E-state index in [0.29, 0.717) is 31.7 Å². The molecule has 0 saturated carbocycles. The van der Waals surface area contributed by atoms with Crippen LogP contribution in [0.15, 0.2) is 47.5 Å². The molecule has 180 valence electrons. The Kier molecular flexibility index (Phi) is 7.80. The molecule has 0 radical (unpaired) electrons. The molecule has 0 bridgehead atoms. The Hall–Kier alpha value is -2.45. The fourth-order valence-electron chi connectivity index (χ4n) is 4.07. The van der Waals surface area contributed by atoms with Crippen LogP contribution in [0, 0.1) is 6.92 Å². The van der Waals surface area contributed by atoms with Crippen molar-refractivity contribution < 1.29 is 17.9 Å². The zero-order valence-corrected chi connectivity index (χ0v) is 21.1. The van der Waals surface area contributed by atoms with E-state index in [4.69, 9.17) is 4.74 Å². The summed E-state index contributed by atoms with van der Waals surface area (Å²) in [5.74, 6) is 0.463. The van der Waals surface area contributed by atoms with E-state index < -0.39 is 27.8 Å². The molecule has 1 aromatic heterocycles. The summed E-state index contributed by atoms with van der Waals surface area (Å²) in [7, 11) is -3.71. The molecular weight excluding hydrogens is 438 g/mol. The van der Waals surface area contributed by atoms with E-state index in [2.05, 4.69) is 4.98 Å². The number of benzene rings is 1. The summed E-state index contributed by atoms with van der Waals surface area (Å²) in [4.78, 5) is 19.4. The van der Waals surface area contributed by atoms with E-state index in [1.807, 2.05) is 52.8 Å². The monoisotopic (exact) mass is 473 g/mol. The average Bonchev–Trinajstić information content (AvgIpc) is 2.76. The van der Waals surface area contributed by atoms with Gasteiger partial charge in [-0.05, 0) is 65.2 Å². The number of sulfonamides is 1. The summed E-state index contributed by atoms with van der Waals surface area (Å²) in [6.07, 6.45) is 4.23. The number of anilines is 1. The Morgan fingerprint density at radius 2 is 1.88 bits per heavy atom. The molecule has 0 N–H and O–H groups in total. The lowest BCUT2D eigenvalue weighted by Crippen LogP contribution is -2.41. The third kappa shape index (κ3) is 5.92. The van der Waals surface area contributed by atoms with E-state index in [1.54, 1.807) is 28.7 Å². The summed E-state index contributed by atoms with van der Waals surface area (Å²) in [6, 6.07) is 10.2. The van der Waals surface area contributed by atoms with E-state index >= 15 is 0 Å². The van der Waals surface area contributed by atoms with Crippen molar-refractivity contribution in [2.24, 2.45) is 0 Å². The van der Waals surface area contributed by atoms with Crippen LogP contribution in [0.2, 0.25) is 0 Å². The number of hydrogen-bond acceptors (Lipinski definition) is 5. The molecule has 2 aromatic rings. The van der Waals surface area contributed by atoms with Gasteiger partial charge in [-0.1, -0.05) is 37.1 Å². The summed E-state index contributed by atoms with van der Waals surface area (Å²) in [6.45, 7) is 10.2. The van der Waals surface area contributed by atoms with Gasteiger partial charge in [-0.15, -0.1) is 0 Å². The number of pyridine rings is 1. The van der Waals surface area contributed by atoms with Crippen molar-refractivity contribution >= 4 is 21.9 Å². The van der Waals surface area contributed by atoms with Crippen LogP contribution < -0.4 is 4.90 Å². The first-order valence-corrected chi connectivity index (χ1v) is 13.0. The largest absolute Gasteiger partial charge is 0.443 e. The molecule has 1 saturated heterocycles. The predicted molar refractivity (Wildman–Crippen MR) is 130 cm³/mol. The molecule has 1 aliphatic heterocycles. The number of carbonyl (C=O) groups excluding carboxylic acids is 1. The van der Waals surface area contributed by atoms with Gasteiger partial charge < -0.3 is 4.74 Å². The van der Waals surface area contributed by atoms with Gasteiger partial charge in [0.1, 0.15) is 11.4 Å². The second-order valence-electron chi connectivity index (χ2n) is 9.49. The molecule has 0 spiro atoms. The molecule has 0 aliphatic carbocycles. The molecule has 7 nitrogen and oxygen atoms in total. The molecular formula is C25H35N3O4S. The number of aromatic nitrogens is 1. The van der Waals surface area contributed by atoms with Crippen molar-refractivity contribution in [2.75, 3.05) is 18.0 Å². The van der Waals surface area contributed by atoms with Crippen LogP contribution in [0.3, 0.4) is 0 Å². The maximum Gasteiger partial charge on any atom is 0.416 e. The highest BCUT2D eigenvalue weighted by atomic mass is 32.2. The van der Waals surface area contributed by atoms with E-state index in [1.165, 1.54) is 4.90 Å². The van der Waals surface area contributed by atoms with Crippen molar-refractivity contribution in [3.05, 3.63) is 53.7 Å². The van der Waals surface area contributed by atoms with Crippen molar-refractivity contribution in [3.63, 3.8) is 0 Å². The van der Waals surface area contributed by atoms with Crippen LogP contribution in [0.25, 0.3) is 0 Å². The fraction of sp³-hybridized carbons (Fsp3) is 0.520. The smallest absolute Gasteiger partial charge is 0.416 e. The fourth-order valence-corrected chi connectivity index (χ4v) is 5.74. The van der Waals surface area contributed by atoms with Gasteiger partial charge in [0, 0.05) is 24.8 Å². The van der Waals surface area contributed by atoms with E-state index in [9.17, 15) is 13.2 Å². The number of amides is 1. The Balaban J connectivity index is 2.04. The Morgan fingerprint density at radius 1 is 1.18 bits per heavy atom. The van der Waals surface area contributed by atoms with Crippen LogP contribution in [0.4, 0.5) is 10.6 Å². The standard InChI is InChI=1S/C25H35N3O4S/c1-6-17-27(24(29)32-25(3,4)5)23-21(10-9-16-26-23)22-11-7-8-18-28(22)33(30,31)20-14-12-19(2)13-15-20/h9-10,12-16,22H,6-8,11,17-18H2,1-5H3/t22-/m1/s1. The minimum atomic E-state index is -3.71. The molecule has 1 atom stereocenters. The third-order valence-electron chi connectivity index (χ3n) is 5.57. The Morgan fingerprint density at radius 3 is 2.52 bits per heavy atom. The van der Waals surface area contributed by atoms with Crippen LogP contribution >= 0.6 is 0 Å². The summed E-state index contributed by atoms with van der Waals surface area (Å²) < 4.78 is 34.4. The quantitative estimate of drug-likeness (QED) is 0.557. The van der Waals surface area contributed by atoms with Gasteiger partial charge in [0.25, 0.3) is 0 Å². The van der Waals surface area contributed by atoms with Gasteiger partial charge in [0.15, 0.2) is 0 Å². The second kappa shape index (κ2) is 10.2. The number of nitrogens with zero attached hydrogens (tertiary/aromatic N) is 3. The number of piperidine rings is 1. The number of rotatable bonds is 6. The molecule has 3 rings (SSSR count). The lowest BCUT2D eigenvalue weighted by molar-refractivity contribution is 0.0578. The average molecular weight is 474 g/mol. The normalized spacial score (nSPS) is 17.5. The van der Waals surface area contributed by atoms with E-state index in [-0.39, 0.29) is 4.90 Å². The molecule has 1 aliphatic rings. The lowest BCUT2D eigenvalue weighted by Gasteiger charge is -2.37. The van der Waals surface area contributed by atoms with Gasteiger partial charge in [0.2, 0.25) is 10.0 Å². The lowest BCUT2D eigenvalue weighted by atomic mass is 9.97. The number of aryl methyl sites for hydroxylation is 1. The molecule has 2 heterocycles. The zero-order chi connectivity index (χ0) is 24.2. The maximum atomic E-state index is 13.6. The summed E-state index contributed by atoms with van der Waals surface area (Å²) in [5.41, 5.74) is 1.09. The van der Waals surface area contributed by atoms with Gasteiger partial charge >= 0.3 is 6.09 Å². The molecule has 8 heteroatoms. The van der Waals surface area contributed by atoms with Crippen molar-refractivity contribution in [2.45, 2.75) is 76.8 Å². The van der Waals surface area contributed by atoms with Gasteiger partial charge in [-0.2, -0.15) is 4.31 Å². The second-order valence-corrected chi connectivity index (χ2v) is 11.4. The highest BCUT2D eigenvalue weighted by molar-refractivity contribution is 7.89. The topological polar surface area (TPSA) is 79.8 Å². The first-order valence-electron chi connectivity index (χ1n) is 11.6. The van der Waals surface area contributed by atoms with Crippen LogP contribution in [0.1, 0.15) is 70.5 Å². The minimum absolute atomic E-state index is 0.281. The van der Waals surface area contributed by atoms with E-state index in [0.717, 1.165) is 24.0 Å². The first-order chi connectivity index (χ1) is 15.5. The summed E-state index contributed by atoms with van der Waals surface area (Å²) >= 11 is 0. The number of hydrogen-bond donors (Lipinski definition) is 0. The zero-order valence-electron chi connectivity index (χ0n) is 20.2. The van der Waals surface area contributed by atoms with Crippen LogP contribution in [-0.4, -0.2) is 42.5 Å².